The Morgan fingerprint density at radius 3 is 2.56 bits per heavy atom. The van der Waals surface area contributed by atoms with E-state index < -0.39 is 8.32 Å². The summed E-state index contributed by atoms with van der Waals surface area (Å²) in [6.07, 6.45) is -0.172. The minimum Gasteiger partial charge on any atom is -0.385 e. The summed E-state index contributed by atoms with van der Waals surface area (Å²) < 4.78 is 11.6. The van der Waals surface area contributed by atoms with Gasteiger partial charge in [0.05, 0.1) is 0 Å². The molecule has 0 radical (unpaired) electrons. The molecular weight excluding hydrogens is 216 g/mol. The van der Waals surface area contributed by atoms with Crippen LogP contribution in [0, 0.1) is 0 Å². The van der Waals surface area contributed by atoms with Crippen molar-refractivity contribution in [3.8, 4) is 0 Å². The molecule has 3 heteroatoms. The van der Waals surface area contributed by atoms with Crippen LogP contribution in [0.5, 0.6) is 0 Å². The zero-order valence-corrected chi connectivity index (χ0v) is 11.1. The van der Waals surface area contributed by atoms with Gasteiger partial charge in [0.1, 0.15) is 0 Å². The van der Waals surface area contributed by atoms with Crippen molar-refractivity contribution in [2.75, 3.05) is 6.61 Å². The van der Waals surface area contributed by atoms with Crippen LogP contribution in [0.1, 0.15) is 12.5 Å². The van der Waals surface area contributed by atoms with Gasteiger partial charge in [-0.1, -0.05) is 36.0 Å². The van der Waals surface area contributed by atoms with Crippen LogP contribution in [0.2, 0.25) is 13.1 Å². The lowest BCUT2D eigenvalue weighted by Crippen LogP contribution is -2.28. The maximum Gasteiger partial charge on any atom is 0.215 e. The third-order valence-electron chi connectivity index (χ3n) is 2.59. The van der Waals surface area contributed by atoms with E-state index in [0.29, 0.717) is 6.61 Å². The third kappa shape index (κ3) is 2.43. The van der Waals surface area contributed by atoms with Gasteiger partial charge in [-0.05, 0) is 25.6 Å². The van der Waals surface area contributed by atoms with Crippen molar-refractivity contribution in [1.29, 1.82) is 0 Å². The predicted octanol–water partition coefficient (Wildman–Crippen LogP) is 3.21. The molecule has 0 aromatic heterocycles. The first-order valence-electron chi connectivity index (χ1n) is 5.70. The lowest BCUT2D eigenvalue weighted by molar-refractivity contribution is -0.0322. The molecule has 0 fully saturated rings. The highest BCUT2D eigenvalue weighted by Crippen LogP contribution is 2.32. The highest BCUT2D eigenvalue weighted by molar-refractivity contribution is 6.78. The molecule has 1 aromatic carbocycles. The van der Waals surface area contributed by atoms with E-state index in [2.05, 4.69) is 30.9 Å². The van der Waals surface area contributed by atoms with Gasteiger partial charge in [-0.3, -0.25) is 0 Å². The van der Waals surface area contributed by atoms with E-state index in [-0.39, 0.29) is 6.29 Å². The Labute approximate surface area is 98.0 Å². The average molecular weight is 234 g/mol. The van der Waals surface area contributed by atoms with E-state index in [9.17, 15) is 0 Å². The first kappa shape index (κ1) is 11.6. The summed E-state index contributed by atoms with van der Waals surface area (Å²) >= 11 is 0. The molecule has 16 heavy (non-hydrogen) atoms. The standard InChI is InChI=1S/C13H18O2Si/c1-4-14-13-12(10-16(2,3)15-13)11-8-6-5-7-9-11/h5-10,13H,4H2,1-3H3. The molecule has 0 saturated heterocycles. The van der Waals surface area contributed by atoms with Crippen molar-refractivity contribution < 1.29 is 9.16 Å². The van der Waals surface area contributed by atoms with Crippen LogP contribution in [0.15, 0.2) is 36.0 Å². The lowest BCUT2D eigenvalue weighted by Gasteiger charge is -2.19. The van der Waals surface area contributed by atoms with Crippen LogP contribution < -0.4 is 0 Å². The molecule has 1 aromatic rings. The summed E-state index contributed by atoms with van der Waals surface area (Å²) in [7, 11) is -1.67. The number of ether oxygens (including phenoxy) is 1. The van der Waals surface area contributed by atoms with E-state index in [4.69, 9.17) is 9.16 Å². The fraction of sp³-hybridized carbons (Fsp3) is 0.385. The molecule has 1 unspecified atom stereocenters. The van der Waals surface area contributed by atoms with E-state index in [1.54, 1.807) is 0 Å². The molecule has 86 valence electrons. The van der Waals surface area contributed by atoms with Gasteiger partial charge in [-0.25, -0.2) is 0 Å². The Morgan fingerprint density at radius 2 is 1.94 bits per heavy atom. The summed E-state index contributed by atoms with van der Waals surface area (Å²) in [4.78, 5) is 0. The Hall–Kier alpha value is -0.903. The van der Waals surface area contributed by atoms with Crippen LogP contribution in [0.25, 0.3) is 5.57 Å². The van der Waals surface area contributed by atoms with Gasteiger partial charge in [0, 0.05) is 12.2 Å². The van der Waals surface area contributed by atoms with Gasteiger partial charge < -0.3 is 9.16 Å². The summed E-state index contributed by atoms with van der Waals surface area (Å²) in [6, 6.07) is 10.3. The van der Waals surface area contributed by atoms with Crippen molar-refractivity contribution in [1.82, 2.24) is 0 Å². The molecule has 0 N–H and O–H groups in total. The Balaban J connectivity index is 2.30. The van der Waals surface area contributed by atoms with Crippen molar-refractivity contribution >= 4 is 13.9 Å². The molecule has 0 bridgehead atoms. The summed E-state index contributed by atoms with van der Waals surface area (Å²) in [5.41, 5.74) is 4.68. The minimum absolute atomic E-state index is 0.172. The Bertz CT molecular complexity index is 384. The van der Waals surface area contributed by atoms with Gasteiger partial charge in [-0.15, -0.1) is 0 Å². The smallest absolute Gasteiger partial charge is 0.215 e. The largest absolute Gasteiger partial charge is 0.385 e. The van der Waals surface area contributed by atoms with Gasteiger partial charge in [-0.2, -0.15) is 0 Å². The maximum absolute atomic E-state index is 5.98. The number of hydrogen-bond donors (Lipinski definition) is 0. The molecule has 0 aliphatic carbocycles. The second kappa shape index (κ2) is 4.53. The molecule has 0 amide bonds. The second-order valence-corrected chi connectivity index (χ2v) is 8.21. The Morgan fingerprint density at radius 1 is 1.25 bits per heavy atom. The van der Waals surface area contributed by atoms with Crippen molar-refractivity contribution in [3.05, 3.63) is 41.6 Å². The van der Waals surface area contributed by atoms with Crippen LogP contribution in [0.4, 0.5) is 0 Å². The maximum atomic E-state index is 5.98. The fourth-order valence-electron chi connectivity index (χ4n) is 1.94. The zero-order chi connectivity index (χ0) is 11.6. The quantitative estimate of drug-likeness (QED) is 0.748. The summed E-state index contributed by atoms with van der Waals surface area (Å²) in [5.74, 6) is 0. The molecule has 2 rings (SSSR count). The van der Waals surface area contributed by atoms with E-state index >= 15 is 0 Å². The van der Waals surface area contributed by atoms with E-state index in [1.165, 1.54) is 11.1 Å². The number of hydrogen-bond acceptors (Lipinski definition) is 2. The predicted molar refractivity (Wildman–Crippen MR) is 68.4 cm³/mol. The highest BCUT2D eigenvalue weighted by atomic mass is 28.4. The SMILES string of the molecule is CCOC1O[Si](C)(C)C=C1c1ccccc1. The van der Waals surface area contributed by atoms with E-state index in [1.807, 2.05) is 25.1 Å². The highest BCUT2D eigenvalue weighted by Gasteiger charge is 2.35. The Kier molecular flexibility index (Phi) is 3.28. The molecule has 0 saturated carbocycles. The minimum atomic E-state index is -1.67. The van der Waals surface area contributed by atoms with Gasteiger partial charge >= 0.3 is 0 Å². The van der Waals surface area contributed by atoms with Crippen LogP contribution >= 0.6 is 0 Å². The van der Waals surface area contributed by atoms with Gasteiger partial charge in [0.25, 0.3) is 0 Å². The van der Waals surface area contributed by atoms with Gasteiger partial charge in [0.2, 0.25) is 8.32 Å². The second-order valence-electron chi connectivity index (χ2n) is 4.47. The topological polar surface area (TPSA) is 18.5 Å². The number of rotatable bonds is 3. The molecule has 2 nitrogen and oxygen atoms in total. The van der Waals surface area contributed by atoms with Crippen LogP contribution in [-0.4, -0.2) is 21.2 Å². The monoisotopic (exact) mass is 234 g/mol. The first-order chi connectivity index (χ1) is 7.62. The lowest BCUT2D eigenvalue weighted by atomic mass is 10.1. The molecule has 1 atom stereocenters. The molecular formula is C13H18O2Si. The fourth-order valence-corrected chi connectivity index (χ4v) is 3.81. The van der Waals surface area contributed by atoms with Gasteiger partial charge in [0.15, 0.2) is 6.29 Å². The molecule has 1 heterocycles. The molecule has 0 spiro atoms. The normalized spacial score (nSPS) is 23.2. The number of benzene rings is 1. The third-order valence-corrected chi connectivity index (χ3v) is 4.42. The molecule has 1 aliphatic rings. The molecule has 1 aliphatic heterocycles. The van der Waals surface area contributed by atoms with Crippen molar-refractivity contribution in [3.63, 3.8) is 0 Å². The summed E-state index contributed by atoms with van der Waals surface area (Å²) in [6.45, 7) is 7.06. The van der Waals surface area contributed by atoms with E-state index in [0.717, 1.165) is 0 Å². The van der Waals surface area contributed by atoms with Crippen molar-refractivity contribution in [2.45, 2.75) is 26.3 Å². The van der Waals surface area contributed by atoms with Crippen LogP contribution in [-0.2, 0) is 9.16 Å². The summed E-state index contributed by atoms with van der Waals surface area (Å²) in [5, 5.41) is 0. The van der Waals surface area contributed by atoms with Crippen LogP contribution in [0.3, 0.4) is 0 Å². The average Bonchev–Trinajstić information content (AvgIpc) is 2.56. The van der Waals surface area contributed by atoms with Crippen molar-refractivity contribution in [2.24, 2.45) is 0 Å². The zero-order valence-electron chi connectivity index (χ0n) is 10.1. The first-order valence-corrected chi connectivity index (χ1v) is 8.68.